The second-order valence-electron chi connectivity index (χ2n) is 3.74. The summed E-state index contributed by atoms with van der Waals surface area (Å²) in [7, 11) is 0. The van der Waals surface area contributed by atoms with Gasteiger partial charge in [0.1, 0.15) is 6.33 Å². The number of aromatic amines is 1. The zero-order valence-electron chi connectivity index (χ0n) is 10.7. The van der Waals surface area contributed by atoms with Gasteiger partial charge in [-0.15, -0.1) is 0 Å². The third kappa shape index (κ3) is 2.77. The Bertz CT molecular complexity index is 664. The standard InChI is InChI=1S/C11H12N8S/c1-2-13-8-16-9(19-6-5-12-7-19)18-11(17-8)20-10-14-3-4-15-10/h3-7H,2H2,1H3,(H,14,15)(H,13,16,17,18). The number of nitrogens with one attached hydrogen (secondary N) is 2. The van der Waals surface area contributed by atoms with Crippen LogP contribution in [0.2, 0.25) is 0 Å². The highest BCUT2D eigenvalue weighted by Gasteiger charge is 2.10. The molecule has 9 heteroatoms. The highest BCUT2D eigenvalue weighted by molar-refractivity contribution is 7.99. The molecule has 0 radical (unpaired) electrons. The molecule has 0 spiro atoms. The van der Waals surface area contributed by atoms with Crippen LogP contribution in [0.5, 0.6) is 0 Å². The summed E-state index contributed by atoms with van der Waals surface area (Å²) in [5.41, 5.74) is 0. The quantitative estimate of drug-likeness (QED) is 0.731. The Morgan fingerprint density at radius 1 is 1.30 bits per heavy atom. The smallest absolute Gasteiger partial charge is 0.240 e. The molecule has 0 aliphatic heterocycles. The molecule has 0 saturated carbocycles. The van der Waals surface area contributed by atoms with Gasteiger partial charge >= 0.3 is 0 Å². The van der Waals surface area contributed by atoms with Crippen LogP contribution in [0.3, 0.4) is 0 Å². The van der Waals surface area contributed by atoms with E-state index in [9.17, 15) is 0 Å². The van der Waals surface area contributed by atoms with Gasteiger partial charge in [-0.3, -0.25) is 4.57 Å². The number of anilines is 1. The van der Waals surface area contributed by atoms with Crippen molar-refractivity contribution in [3.8, 4) is 5.95 Å². The topological polar surface area (TPSA) is 97.2 Å². The summed E-state index contributed by atoms with van der Waals surface area (Å²) in [4.78, 5) is 24.2. The minimum atomic E-state index is 0.516. The lowest BCUT2D eigenvalue weighted by molar-refractivity contribution is 0.821. The van der Waals surface area contributed by atoms with Crippen molar-refractivity contribution in [1.29, 1.82) is 0 Å². The SMILES string of the molecule is CCNc1nc(Sc2ncc[nH]2)nc(-n2ccnc2)n1. The normalized spacial score (nSPS) is 10.7. The molecule has 20 heavy (non-hydrogen) atoms. The molecule has 0 saturated heterocycles. The lowest BCUT2D eigenvalue weighted by Crippen LogP contribution is -2.08. The third-order valence-electron chi connectivity index (χ3n) is 2.33. The van der Waals surface area contributed by atoms with Crippen LogP contribution in [0.15, 0.2) is 41.4 Å². The molecule has 0 aromatic carbocycles. The monoisotopic (exact) mass is 288 g/mol. The van der Waals surface area contributed by atoms with Crippen LogP contribution >= 0.6 is 11.8 Å². The maximum Gasteiger partial charge on any atom is 0.240 e. The van der Waals surface area contributed by atoms with Gasteiger partial charge in [-0.2, -0.15) is 15.0 Å². The molecule has 0 atom stereocenters. The minimum Gasteiger partial charge on any atom is -0.354 e. The molecular formula is C11H12N8S. The summed E-state index contributed by atoms with van der Waals surface area (Å²) in [6.45, 7) is 2.72. The minimum absolute atomic E-state index is 0.516. The van der Waals surface area contributed by atoms with E-state index in [0.717, 1.165) is 11.7 Å². The van der Waals surface area contributed by atoms with Crippen LogP contribution in [0.4, 0.5) is 5.95 Å². The molecule has 102 valence electrons. The lowest BCUT2D eigenvalue weighted by Gasteiger charge is -2.06. The van der Waals surface area contributed by atoms with Gasteiger partial charge in [0.15, 0.2) is 5.16 Å². The van der Waals surface area contributed by atoms with Crippen molar-refractivity contribution in [1.82, 2.24) is 34.5 Å². The van der Waals surface area contributed by atoms with Crippen molar-refractivity contribution in [2.75, 3.05) is 11.9 Å². The molecule has 0 fully saturated rings. The van der Waals surface area contributed by atoms with Gasteiger partial charge in [-0.1, -0.05) is 0 Å². The van der Waals surface area contributed by atoms with E-state index < -0.39 is 0 Å². The van der Waals surface area contributed by atoms with E-state index in [1.165, 1.54) is 11.8 Å². The summed E-state index contributed by atoms with van der Waals surface area (Å²) >= 11 is 1.34. The maximum atomic E-state index is 4.40. The number of H-pyrrole nitrogens is 1. The molecule has 3 rings (SSSR count). The number of imidazole rings is 2. The Morgan fingerprint density at radius 2 is 2.25 bits per heavy atom. The van der Waals surface area contributed by atoms with Crippen LogP contribution in [-0.2, 0) is 0 Å². The fraction of sp³-hybridized carbons (Fsp3) is 0.182. The molecule has 3 aromatic heterocycles. The van der Waals surface area contributed by atoms with E-state index >= 15 is 0 Å². The molecule has 8 nitrogen and oxygen atoms in total. The maximum absolute atomic E-state index is 4.40. The fourth-order valence-electron chi connectivity index (χ4n) is 1.51. The highest BCUT2D eigenvalue weighted by atomic mass is 32.2. The van der Waals surface area contributed by atoms with Gasteiger partial charge in [0.2, 0.25) is 17.1 Å². The van der Waals surface area contributed by atoms with E-state index in [4.69, 9.17) is 0 Å². The van der Waals surface area contributed by atoms with Crippen molar-refractivity contribution in [2.45, 2.75) is 17.2 Å². The van der Waals surface area contributed by atoms with E-state index in [1.807, 2.05) is 6.92 Å². The lowest BCUT2D eigenvalue weighted by atomic mass is 10.7. The van der Waals surface area contributed by atoms with Crippen molar-refractivity contribution >= 4 is 17.7 Å². The Hall–Kier alpha value is -2.42. The average molecular weight is 288 g/mol. The Labute approximate surface area is 119 Å². The number of nitrogens with zero attached hydrogens (tertiary/aromatic N) is 6. The molecule has 0 amide bonds. The molecule has 0 aliphatic carbocycles. The summed E-state index contributed by atoms with van der Waals surface area (Å²) in [6, 6.07) is 0. The third-order valence-corrected chi connectivity index (χ3v) is 3.12. The first-order valence-corrected chi connectivity index (χ1v) is 6.82. The summed E-state index contributed by atoms with van der Waals surface area (Å²) in [5, 5.41) is 4.39. The van der Waals surface area contributed by atoms with Gasteiger partial charge in [0.05, 0.1) is 0 Å². The van der Waals surface area contributed by atoms with E-state index in [2.05, 4.69) is 35.2 Å². The zero-order valence-corrected chi connectivity index (χ0v) is 11.5. The predicted molar refractivity (Wildman–Crippen MR) is 73.8 cm³/mol. The number of rotatable bonds is 5. The first-order chi connectivity index (χ1) is 9.85. The van der Waals surface area contributed by atoms with Crippen molar-refractivity contribution in [3.63, 3.8) is 0 Å². The van der Waals surface area contributed by atoms with Gasteiger partial charge in [-0.05, 0) is 18.7 Å². The zero-order chi connectivity index (χ0) is 13.8. The van der Waals surface area contributed by atoms with Crippen LogP contribution < -0.4 is 5.32 Å². The van der Waals surface area contributed by atoms with Crippen molar-refractivity contribution in [3.05, 3.63) is 31.1 Å². The Morgan fingerprint density at radius 3 is 2.95 bits per heavy atom. The van der Waals surface area contributed by atoms with Crippen LogP contribution in [-0.4, -0.2) is 41.0 Å². The summed E-state index contributed by atoms with van der Waals surface area (Å²) in [5.74, 6) is 1.04. The van der Waals surface area contributed by atoms with Crippen LogP contribution in [0.25, 0.3) is 5.95 Å². The molecule has 0 unspecified atom stereocenters. The molecule has 3 aromatic rings. The van der Waals surface area contributed by atoms with Gasteiger partial charge < -0.3 is 10.3 Å². The molecule has 0 bridgehead atoms. The second kappa shape index (κ2) is 5.70. The fourth-order valence-corrected chi connectivity index (χ4v) is 2.19. The van der Waals surface area contributed by atoms with Gasteiger partial charge in [0, 0.05) is 31.3 Å². The number of hydrogen-bond donors (Lipinski definition) is 2. The van der Waals surface area contributed by atoms with Crippen LogP contribution in [0, 0.1) is 0 Å². The first kappa shape index (κ1) is 12.6. The number of aromatic nitrogens is 7. The van der Waals surface area contributed by atoms with E-state index in [1.54, 1.807) is 35.7 Å². The largest absolute Gasteiger partial charge is 0.354 e. The molecular weight excluding hydrogens is 276 g/mol. The Balaban J connectivity index is 1.96. The van der Waals surface area contributed by atoms with Crippen molar-refractivity contribution < 1.29 is 0 Å². The predicted octanol–water partition coefficient (Wildman–Crippen LogP) is 1.36. The second-order valence-corrected chi connectivity index (χ2v) is 4.69. The first-order valence-electron chi connectivity index (χ1n) is 6.00. The highest BCUT2D eigenvalue weighted by Crippen LogP contribution is 2.22. The molecule has 2 N–H and O–H groups in total. The van der Waals surface area contributed by atoms with Crippen molar-refractivity contribution in [2.24, 2.45) is 0 Å². The molecule has 3 heterocycles. The average Bonchev–Trinajstić information content (AvgIpc) is 3.11. The Kier molecular flexibility index (Phi) is 3.59. The van der Waals surface area contributed by atoms with Gasteiger partial charge in [-0.25, -0.2) is 9.97 Å². The number of hydrogen-bond acceptors (Lipinski definition) is 7. The summed E-state index contributed by atoms with van der Waals surface area (Å²) < 4.78 is 1.73. The van der Waals surface area contributed by atoms with E-state index in [-0.39, 0.29) is 0 Å². The van der Waals surface area contributed by atoms with E-state index in [0.29, 0.717) is 17.1 Å². The van der Waals surface area contributed by atoms with Gasteiger partial charge in [0.25, 0.3) is 0 Å². The summed E-state index contributed by atoms with van der Waals surface area (Å²) in [6.07, 6.45) is 8.55. The van der Waals surface area contributed by atoms with Crippen LogP contribution in [0.1, 0.15) is 6.92 Å². The molecule has 0 aliphatic rings.